The molecule has 4 rings (SSSR count). The molecule has 164 valence electrons. The summed E-state index contributed by atoms with van der Waals surface area (Å²) in [6, 6.07) is 6.96. The van der Waals surface area contributed by atoms with Gasteiger partial charge in [-0.25, -0.2) is 9.18 Å². The van der Waals surface area contributed by atoms with Crippen LogP contribution in [0.2, 0.25) is 0 Å². The van der Waals surface area contributed by atoms with Crippen molar-refractivity contribution in [2.45, 2.75) is 57.7 Å². The largest absolute Gasteiger partial charge is 0.461 e. The van der Waals surface area contributed by atoms with E-state index >= 15 is 0 Å². The third-order valence-electron chi connectivity index (χ3n) is 5.88. The minimum absolute atomic E-state index is 0.00940. The molecule has 1 aromatic carbocycles. The Kier molecular flexibility index (Phi) is 5.51. The van der Waals surface area contributed by atoms with Crippen LogP contribution in [0.15, 0.2) is 30.3 Å². The Morgan fingerprint density at radius 3 is 2.71 bits per heavy atom. The number of anilines is 1. The molecular weight excluding hydrogens is 403 g/mol. The first kappa shape index (κ1) is 21.0. The molecule has 9 heteroatoms. The molecule has 0 spiro atoms. The predicted molar refractivity (Wildman–Crippen MR) is 110 cm³/mol. The first-order valence-electron chi connectivity index (χ1n) is 10.5. The number of nitrogens with zero attached hydrogens (tertiary/aromatic N) is 3. The molecule has 8 nitrogen and oxygen atoms in total. The highest BCUT2D eigenvalue weighted by molar-refractivity contribution is 6.12. The number of fused-ring (bicyclic) bond motifs is 1. The number of aromatic nitrogens is 2. The van der Waals surface area contributed by atoms with Crippen LogP contribution in [0.3, 0.4) is 0 Å². The fourth-order valence-corrected chi connectivity index (χ4v) is 4.32. The van der Waals surface area contributed by atoms with Crippen molar-refractivity contribution in [2.75, 3.05) is 11.5 Å². The second-order valence-electron chi connectivity index (χ2n) is 8.14. The Balaban J connectivity index is 1.76. The number of benzene rings is 1. The minimum Gasteiger partial charge on any atom is -0.461 e. The molecule has 2 heterocycles. The van der Waals surface area contributed by atoms with E-state index < -0.39 is 23.2 Å². The summed E-state index contributed by atoms with van der Waals surface area (Å²) >= 11 is 0. The van der Waals surface area contributed by atoms with E-state index in [1.165, 1.54) is 33.8 Å². The molecule has 1 aliphatic carbocycles. The number of hydrogen-bond acceptors (Lipinski definition) is 5. The highest BCUT2D eigenvalue weighted by Crippen LogP contribution is 2.33. The van der Waals surface area contributed by atoms with E-state index in [1.807, 2.05) is 0 Å². The van der Waals surface area contributed by atoms with E-state index in [0.717, 1.165) is 25.7 Å². The van der Waals surface area contributed by atoms with E-state index in [0.29, 0.717) is 0 Å². The summed E-state index contributed by atoms with van der Waals surface area (Å²) in [7, 11) is 0. The van der Waals surface area contributed by atoms with Gasteiger partial charge in [0.25, 0.3) is 5.91 Å². The SMILES string of the molecule is CCOC(=O)c1cc2n(n1)C[C@@](C)(C(=O)NC1CCCC1)N(c1cccc(F)c1)C2=O. The van der Waals surface area contributed by atoms with Gasteiger partial charge in [-0.05, 0) is 44.9 Å². The molecule has 1 aromatic heterocycles. The molecular formula is C22H25FN4O4. The van der Waals surface area contributed by atoms with E-state index in [-0.39, 0.29) is 42.2 Å². The molecule has 1 aliphatic heterocycles. The maximum absolute atomic E-state index is 14.0. The highest BCUT2D eigenvalue weighted by Gasteiger charge is 2.49. The van der Waals surface area contributed by atoms with Gasteiger partial charge in [-0.15, -0.1) is 0 Å². The third-order valence-corrected chi connectivity index (χ3v) is 5.88. The van der Waals surface area contributed by atoms with Crippen molar-refractivity contribution >= 4 is 23.5 Å². The average Bonchev–Trinajstić information content (AvgIpc) is 3.38. The summed E-state index contributed by atoms with van der Waals surface area (Å²) in [5.41, 5.74) is -0.971. The molecule has 0 saturated heterocycles. The van der Waals surface area contributed by atoms with Crippen LogP contribution in [0.25, 0.3) is 0 Å². The minimum atomic E-state index is -1.36. The Morgan fingerprint density at radius 1 is 1.29 bits per heavy atom. The van der Waals surface area contributed by atoms with Crippen molar-refractivity contribution in [1.29, 1.82) is 0 Å². The summed E-state index contributed by atoms with van der Waals surface area (Å²) in [5, 5.41) is 7.26. The number of esters is 1. The lowest BCUT2D eigenvalue weighted by Crippen LogP contribution is -2.65. The molecule has 1 fully saturated rings. The van der Waals surface area contributed by atoms with E-state index in [4.69, 9.17) is 4.74 Å². The van der Waals surface area contributed by atoms with Gasteiger partial charge in [0.05, 0.1) is 13.2 Å². The number of carbonyl (C=O) groups excluding carboxylic acids is 3. The summed E-state index contributed by atoms with van der Waals surface area (Å²) in [6.45, 7) is 3.50. The van der Waals surface area contributed by atoms with Crippen LogP contribution >= 0.6 is 0 Å². The predicted octanol–water partition coefficient (Wildman–Crippen LogP) is 2.68. The number of halogens is 1. The summed E-state index contributed by atoms with van der Waals surface area (Å²) < 4.78 is 20.4. The monoisotopic (exact) mass is 428 g/mol. The first-order chi connectivity index (χ1) is 14.8. The average molecular weight is 428 g/mol. The zero-order chi connectivity index (χ0) is 22.2. The van der Waals surface area contributed by atoms with Crippen molar-refractivity contribution in [2.24, 2.45) is 0 Å². The van der Waals surface area contributed by atoms with Crippen LogP contribution in [0.1, 0.15) is 60.5 Å². The maximum atomic E-state index is 14.0. The Labute approximate surface area is 179 Å². The van der Waals surface area contributed by atoms with Crippen LogP contribution in [-0.2, 0) is 16.1 Å². The van der Waals surface area contributed by atoms with Crippen LogP contribution in [0, 0.1) is 5.82 Å². The Hall–Kier alpha value is -3.23. The zero-order valence-electron chi connectivity index (χ0n) is 17.6. The van der Waals surface area contributed by atoms with Crippen LogP contribution < -0.4 is 10.2 Å². The van der Waals surface area contributed by atoms with Crippen LogP contribution in [0.4, 0.5) is 10.1 Å². The molecule has 2 amide bonds. The van der Waals surface area contributed by atoms with Gasteiger partial charge in [0.1, 0.15) is 17.1 Å². The second-order valence-corrected chi connectivity index (χ2v) is 8.14. The molecule has 0 bridgehead atoms. The van der Waals surface area contributed by atoms with Crippen molar-refractivity contribution in [3.05, 3.63) is 47.5 Å². The lowest BCUT2D eigenvalue weighted by molar-refractivity contribution is -0.127. The van der Waals surface area contributed by atoms with Gasteiger partial charge in [-0.3, -0.25) is 19.2 Å². The van der Waals surface area contributed by atoms with Gasteiger partial charge in [0, 0.05) is 17.8 Å². The molecule has 2 aliphatic rings. The Bertz CT molecular complexity index is 1030. The maximum Gasteiger partial charge on any atom is 0.358 e. The molecule has 2 aromatic rings. The van der Waals surface area contributed by atoms with Crippen molar-refractivity contribution in [3.63, 3.8) is 0 Å². The van der Waals surface area contributed by atoms with Gasteiger partial charge < -0.3 is 10.1 Å². The normalized spacial score (nSPS) is 21.1. The number of hydrogen-bond donors (Lipinski definition) is 1. The number of rotatable bonds is 5. The summed E-state index contributed by atoms with van der Waals surface area (Å²) in [6.07, 6.45) is 3.85. The molecule has 1 atom stereocenters. The molecule has 31 heavy (non-hydrogen) atoms. The topological polar surface area (TPSA) is 93.5 Å². The molecule has 0 radical (unpaired) electrons. The van der Waals surface area contributed by atoms with Gasteiger partial charge in [0.2, 0.25) is 5.91 Å². The molecule has 0 unspecified atom stereocenters. The van der Waals surface area contributed by atoms with Crippen molar-refractivity contribution < 1.29 is 23.5 Å². The number of carbonyl (C=O) groups is 3. The first-order valence-corrected chi connectivity index (χ1v) is 10.5. The Morgan fingerprint density at radius 2 is 2.03 bits per heavy atom. The molecule has 1 saturated carbocycles. The van der Waals surface area contributed by atoms with Gasteiger partial charge in [-0.2, -0.15) is 5.10 Å². The third kappa shape index (κ3) is 3.80. The van der Waals surface area contributed by atoms with E-state index in [2.05, 4.69) is 10.4 Å². The van der Waals surface area contributed by atoms with Crippen LogP contribution in [-0.4, -0.2) is 45.8 Å². The molecule has 1 N–H and O–H groups in total. The fourth-order valence-electron chi connectivity index (χ4n) is 4.32. The van der Waals surface area contributed by atoms with Crippen LogP contribution in [0.5, 0.6) is 0 Å². The van der Waals surface area contributed by atoms with Gasteiger partial charge in [-0.1, -0.05) is 18.9 Å². The second kappa shape index (κ2) is 8.13. The van der Waals surface area contributed by atoms with Gasteiger partial charge in [0.15, 0.2) is 5.69 Å². The number of amides is 2. The summed E-state index contributed by atoms with van der Waals surface area (Å²) in [5.74, 6) is -2.04. The van der Waals surface area contributed by atoms with E-state index in [9.17, 15) is 18.8 Å². The van der Waals surface area contributed by atoms with Crippen molar-refractivity contribution in [3.8, 4) is 0 Å². The van der Waals surface area contributed by atoms with Gasteiger partial charge >= 0.3 is 5.97 Å². The lowest BCUT2D eigenvalue weighted by Gasteiger charge is -2.43. The number of nitrogens with one attached hydrogen (secondary N) is 1. The lowest BCUT2D eigenvalue weighted by atomic mass is 9.93. The zero-order valence-corrected chi connectivity index (χ0v) is 17.6. The standard InChI is InChI=1S/C22H25FN4O4/c1-3-31-20(29)17-12-18-19(28)27(16-10-6-7-14(23)11-16)22(2,13-26(18)25-17)21(30)24-15-8-4-5-9-15/h6-7,10-12,15H,3-5,8-9,13H2,1-2H3,(H,24,30)/t22-/m0/s1. The number of ether oxygens (including phenoxy) is 1. The van der Waals surface area contributed by atoms with E-state index in [1.54, 1.807) is 19.9 Å². The quantitative estimate of drug-likeness (QED) is 0.739. The summed E-state index contributed by atoms with van der Waals surface area (Å²) in [4.78, 5) is 40.3. The smallest absolute Gasteiger partial charge is 0.358 e. The fraction of sp³-hybridized carbons (Fsp3) is 0.455. The van der Waals surface area contributed by atoms with Crippen molar-refractivity contribution in [1.82, 2.24) is 15.1 Å². The highest BCUT2D eigenvalue weighted by atomic mass is 19.1.